The summed E-state index contributed by atoms with van der Waals surface area (Å²) in [6.07, 6.45) is 3.96. The van der Waals surface area contributed by atoms with Crippen molar-refractivity contribution in [3.63, 3.8) is 0 Å². The molecule has 1 aromatic heterocycles. The van der Waals surface area contributed by atoms with Gasteiger partial charge in [-0.1, -0.05) is 60.2 Å². The van der Waals surface area contributed by atoms with Crippen LogP contribution in [0, 0.1) is 25.2 Å². The highest BCUT2D eigenvalue weighted by Gasteiger charge is 2.10. The molecule has 0 radical (unpaired) electrons. The first kappa shape index (κ1) is 21.1. The Hall–Kier alpha value is -4.17. The summed E-state index contributed by atoms with van der Waals surface area (Å²) in [5.41, 5.74) is 9.49. The van der Waals surface area contributed by atoms with Crippen molar-refractivity contribution in [1.29, 1.82) is 5.26 Å². The summed E-state index contributed by atoms with van der Waals surface area (Å²) in [4.78, 5) is 12.4. The Morgan fingerprint density at radius 2 is 1.84 bits per heavy atom. The summed E-state index contributed by atoms with van der Waals surface area (Å²) >= 11 is 0. The van der Waals surface area contributed by atoms with Crippen molar-refractivity contribution >= 4 is 23.0 Å². The fourth-order valence-electron chi connectivity index (χ4n) is 3.89. The summed E-state index contributed by atoms with van der Waals surface area (Å²) in [5.74, 6) is -0.153. The maximum Gasteiger partial charge on any atom is 0.244 e. The first-order valence-electron chi connectivity index (χ1n) is 10.5. The number of carbonyl (C=O) groups excluding carboxylic acids is 1. The fourth-order valence-corrected chi connectivity index (χ4v) is 3.89. The number of benzene rings is 3. The van der Waals surface area contributed by atoms with Gasteiger partial charge in [-0.25, -0.2) is 5.43 Å². The van der Waals surface area contributed by atoms with Crippen LogP contribution in [0.3, 0.4) is 0 Å². The molecule has 0 aliphatic heterocycles. The average molecular weight is 421 g/mol. The largest absolute Gasteiger partial charge is 0.342 e. The van der Waals surface area contributed by atoms with Crippen LogP contribution in [0.1, 0.15) is 33.4 Å². The molecule has 0 unspecified atom stereocenters. The second-order valence-electron chi connectivity index (χ2n) is 7.90. The molecule has 0 fully saturated rings. The van der Waals surface area contributed by atoms with Gasteiger partial charge in [-0.2, -0.15) is 10.4 Å². The van der Waals surface area contributed by atoms with E-state index < -0.39 is 0 Å². The number of hydrogen-bond donors (Lipinski definition) is 1. The Bertz CT molecular complexity index is 1360. The van der Waals surface area contributed by atoms with E-state index in [4.69, 9.17) is 0 Å². The molecule has 32 heavy (non-hydrogen) atoms. The Balaban J connectivity index is 1.52. The smallest absolute Gasteiger partial charge is 0.244 e. The van der Waals surface area contributed by atoms with Crippen molar-refractivity contribution in [2.75, 3.05) is 0 Å². The molecule has 5 heteroatoms. The number of aryl methyl sites for hydroxylation is 2. The predicted molar refractivity (Wildman–Crippen MR) is 128 cm³/mol. The van der Waals surface area contributed by atoms with Crippen LogP contribution in [0.15, 0.2) is 78.0 Å². The maximum atomic E-state index is 12.4. The molecule has 3 aromatic carbocycles. The van der Waals surface area contributed by atoms with Gasteiger partial charge in [0.2, 0.25) is 5.91 Å². The van der Waals surface area contributed by atoms with Crippen molar-refractivity contribution in [3.8, 4) is 6.07 Å². The predicted octanol–water partition coefficient (Wildman–Crippen LogP) is 4.87. The highest BCUT2D eigenvalue weighted by atomic mass is 16.2. The van der Waals surface area contributed by atoms with E-state index >= 15 is 0 Å². The molecule has 4 aromatic rings. The molecule has 4 rings (SSSR count). The van der Waals surface area contributed by atoms with Crippen molar-refractivity contribution < 1.29 is 4.79 Å². The second-order valence-corrected chi connectivity index (χ2v) is 7.90. The fraction of sp³-hybridized carbons (Fsp3) is 0.148. The van der Waals surface area contributed by atoms with Gasteiger partial charge >= 0.3 is 0 Å². The number of amides is 1. The standard InChI is InChI=1S/C27H24N4O/c1-19-11-12-21(20(2)13-19)14-27(32)30-29-16-24-18-31(26-10-6-5-9-25(24)26)17-23-8-4-3-7-22(23)15-28/h3-13,16,18H,14,17H2,1-2H3,(H,30,32)/b29-16+. The number of carbonyl (C=O) groups is 1. The van der Waals surface area contributed by atoms with Gasteiger partial charge in [0.1, 0.15) is 0 Å². The van der Waals surface area contributed by atoms with Crippen molar-refractivity contribution in [2.45, 2.75) is 26.8 Å². The van der Waals surface area contributed by atoms with Gasteiger partial charge in [-0.05, 0) is 42.7 Å². The van der Waals surface area contributed by atoms with Crippen LogP contribution in [-0.2, 0) is 17.8 Å². The third kappa shape index (κ3) is 4.60. The summed E-state index contributed by atoms with van der Waals surface area (Å²) in [7, 11) is 0. The molecule has 0 saturated carbocycles. The lowest BCUT2D eigenvalue weighted by atomic mass is 10.0. The third-order valence-electron chi connectivity index (χ3n) is 5.54. The number of fused-ring (bicyclic) bond motifs is 1. The first-order valence-corrected chi connectivity index (χ1v) is 10.5. The molecular formula is C27H24N4O. The average Bonchev–Trinajstić information content (AvgIpc) is 3.13. The van der Waals surface area contributed by atoms with Gasteiger partial charge in [-0.3, -0.25) is 4.79 Å². The Kier molecular flexibility index (Phi) is 6.14. The van der Waals surface area contributed by atoms with E-state index in [1.165, 1.54) is 5.56 Å². The minimum absolute atomic E-state index is 0.153. The summed E-state index contributed by atoms with van der Waals surface area (Å²) in [5, 5.41) is 14.6. The minimum atomic E-state index is -0.153. The van der Waals surface area contributed by atoms with E-state index in [1.807, 2.05) is 80.7 Å². The lowest BCUT2D eigenvalue weighted by Crippen LogP contribution is -2.20. The van der Waals surface area contributed by atoms with Crippen LogP contribution >= 0.6 is 0 Å². The highest BCUT2D eigenvalue weighted by molar-refractivity contribution is 5.99. The zero-order valence-corrected chi connectivity index (χ0v) is 18.2. The number of rotatable bonds is 6. The second kappa shape index (κ2) is 9.32. The molecule has 0 bridgehead atoms. The van der Waals surface area contributed by atoms with E-state index in [1.54, 1.807) is 6.21 Å². The molecular weight excluding hydrogens is 396 g/mol. The SMILES string of the molecule is Cc1ccc(CC(=O)N/N=C/c2cn(Cc3ccccc3C#N)c3ccccc23)c(C)c1. The monoisotopic (exact) mass is 420 g/mol. The number of aromatic nitrogens is 1. The zero-order chi connectivity index (χ0) is 22.5. The van der Waals surface area contributed by atoms with Gasteiger partial charge in [0.25, 0.3) is 0 Å². The number of nitriles is 1. The number of para-hydroxylation sites is 1. The van der Waals surface area contributed by atoms with Crippen LogP contribution in [0.25, 0.3) is 10.9 Å². The quantitative estimate of drug-likeness (QED) is 0.357. The Morgan fingerprint density at radius 3 is 2.66 bits per heavy atom. The zero-order valence-electron chi connectivity index (χ0n) is 18.2. The van der Waals surface area contributed by atoms with Crippen LogP contribution in [-0.4, -0.2) is 16.7 Å². The first-order chi connectivity index (χ1) is 15.5. The van der Waals surface area contributed by atoms with Gasteiger partial charge in [0, 0.05) is 29.2 Å². The molecule has 5 nitrogen and oxygen atoms in total. The number of nitrogens with zero attached hydrogens (tertiary/aromatic N) is 3. The molecule has 158 valence electrons. The molecule has 0 aliphatic carbocycles. The van der Waals surface area contributed by atoms with E-state index in [0.717, 1.165) is 33.2 Å². The maximum absolute atomic E-state index is 12.4. The molecule has 0 saturated heterocycles. The summed E-state index contributed by atoms with van der Waals surface area (Å²) in [6.45, 7) is 4.63. The highest BCUT2D eigenvalue weighted by Crippen LogP contribution is 2.22. The summed E-state index contributed by atoms with van der Waals surface area (Å²) < 4.78 is 2.10. The van der Waals surface area contributed by atoms with Gasteiger partial charge in [0.15, 0.2) is 0 Å². The van der Waals surface area contributed by atoms with E-state index in [0.29, 0.717) is 12.1 Å². The van der Waals surface area contributed by atoms with Crippen molar-refractivity contribution in [2.24, 2.45) is 5.10 Å². The minimum Gasteiger partial charge on any atom is -0.342 e. The molecule has 1 N–H and O–H groups in total. The van der Waals surface area contributed by atoms with Gasteiger partial charge in [0.05, 0.1) is 24.3 Å². The normalized spacial score (nSPS) is 11.0. The van der Waals surface area contributed by atoms with Crippen LogP contribution < -0.4 is 5.43 Å². The van der Waals surface area contributed by atoms with Crippen molar-refractivity contribution in [3.05, 3.63) is 106 Å². The van der Waals surface area contributed by atoms with E-state index in [-0.39, 0.29) is 12.3 Å². The van der Waals surface area contributed by atoms with Crippen LogP contribution in [0.4, 0.5) is 0 Å². The van der Waals surface area contributed by atoms with Gasteiger partial charge in [-0.15, -0.1) is 0 Å². The van der Waals surface area contributed by atoms with E-state index in [9.17, 15) is 10.1 Å². The van der Waals surface area contributed by atoms with Crippen LogP contribution in [0.2, 0.25) is 0 Å². The van der Waals surface area contributed by atoms with Gasteiger partial charge < -0.3 is 4.57 Å². The molecule has 1 heterocycles. The lowest BCUT2D eigenvalue weighted by molar-refractivity contribution is -0.120. The van der Waals surface area contributed by atoms with Crippen molar-refractivity contribution in [1.82, 2.24) is 9.99 Å². The summed E-state index contributed by atoms with van der Waals surface area (Å²) in [6, 6.07) is 24.0. The number of hydrogen-bond acceptors (Lipinski definition) is 3. The lowest BCUT2D eigenvalue weighted by Gasteiger charge is -2.07. The molecule has 0 spiro atoms. The Morgan fingerprint density at radius 1 is 1.06 bits per heavy atom. The molecule has 0 aliphatic rings. The van der Waals surface area contributed by atoms with E-state index in [2.05, 4.69) is 27.2 Å². The number of nitrogens with one attached hydrogen (secondary N) is 1. The topological polar surface area (TPSA) is 70.2 Å². The molecule has 1 amide bonds. The Labute approximate surface area is 187 Å². The van der Waals surface area contributed by atoms with Crippen LogP contribution in [0.5, 0.6) is 0 Å². The third-order valence-corrected chi connectivity index (χ3v) is 5.54. The molecule has 0 atom stereocenters. The number of hydrazone groups is 1.